The number of aryl methyl sites for hydroxylation is 2. The predicted molar refractivity (Wildman–Crippen MR) is 82.1 cm³/mol. The quantitative estimate of drug-likeness (QED) is 0.770. The highest BCUT2D eigenvalue weighted by atomic mass is 19.1. The Balaban J connectivity index is 1.83. The highest BCUT2D eigenvalue weighted by Gasteiger charge is 2.38. The summed E-state index contributed by atoms with van der Waals surface area (Å²) in [6.07, 6.45) is 5.62. The first-order valence-corrected chi connectivity index (χ1v) is 8.00. The number of nitrogens with zero attached hydrogens (tertiary/aromatic N) is 1. The molecule has 3 heteroatoms. The van der Waals surface area contributed by atoms with Crippen LogP contribution >= 0.6 is 0 Å². The molecule has 2 bridgehead atoms. The van der Waals surface area contributed by atoms with E-state index in [-0.39, 0.29) is 17.5 Å². The summed E-state index contributed by atoms with van der Waals surface area (Å²) in [6.45, 7) is 3.48. The second-order valence-corrected chi connectivity index (χ2v) is 6.86. The molecule has 0 aromatic heterocycles. The molecule has 1 aromatic carbocycles. The summed E-state index contributed by atoms with van der Waals surface area (Å²) < 4.78 is 13.7. The number of hydrogen-bond acceptors (Lipinski definition) is 2. The number of halogens is 1. The maximum atomic E-state index is 13.7. The number of carbonyl (C=O) groups excluding carboxylic acids is 1. The Labute approximate surface area is 126 Å². The molecular weight excluding hydrogens is 265 g/mol. The van der Waals surface area contributed by atoms with Crippen molar-refractivity contribution in [1.82, 2.24) is 4.90 Å². The first-order valence-electron chi connectivity index (χ1n) is 8.00. The van der Waals surface area contributed by atoms with Crippen molar-refractivity contribution < 1.29 is 9.18 Å². The summed E-state index contributed by atoms with van der Waals surface area (Å²) in [5.74, 6) is 0.138. The molecule has 2 saturated heterocycles. The van der Waals surface area contributed by atoms with Gasteiger partial charge in [-0.2, -0.15) is 0 Å². The molecule has 21 heavy (non-hydrogen) atoms. The van der Waals surface area contributed by atoms with E-state index < -0.39 is 0 Å². The number of benzene rings is 1. The Hall–Kier alpha value is -1.22. The molecule has 2 heterocycles. The lowest BCUT2D eigenvalue weighted by atomic mass is 9.76. The fraction of sp³-hybridized carbons (Fsp3) is 0.611. The van der Waals surface area contributed by atoms with Gasteiger partial charge in [-0.1, -0.05) is 6.42 Å². The molecule has 0 N–H and O–H groups in total. The zero-order chi connectivity index (χ0) is 15.1. The van der Waals surface area contributed by atoms with Crippen molar-refractivity contribution >= 4 is 5.78 Å². The summed E-state index contributed by atoms with van der Waals surface area (Å²) in [5.41, 5.74) is 1.84. The lowest BCUT2D eigenvalue weighted by Gasteiger charge is -2.46. The minimum absolute atomic E-state index is 0.112. The predicted octanol–water partition coefficient (Wildman–Crippen LogP) is 3.89. The number of fused-ring (bicyclic) bond motifs is 2. The molecule has 2 atom stereocenters. The van der Waals surface area contributed by atoms with Crippen molar-refractivity contribution in [2.75, 3.05) is 7.05 Å². The average Bonchev–Trinajstić information content (AvgIpc) is 2.43. The fourth-order valence-corrected chi connectivity index (χ4v) is 4.15. The van der Waals surface area contributed by atoms with Gasteiger partial charge in [0.15, 0.2) is 5.78 Å². The zero-order valence-corrected chi connectivity index (χ0v) is 13.2. The van der Waals surface area contributed by atoms with E-state index in [4.69, 9.17) is 0 Å². The van der Waals surface area contributed by atoms with Crippen molar-refractivity contribution in [3.05, 3.63) is 34.6 Å². The van der Waals surface area contributed by atoms with Gasteiger partial charge >= 0.3 is 0 Å². The molecule has 0 aliphatic carbocycles. The summed E-state index contributed by atoms with van der Waals surface area (Å²) in [5, 5.41) is 0. The number of ketones is 1. The second-order valence-electron chi connectivity index (χ2n) is 6.86. The van der Waals surface area contributed by atoms with E-state index in [0.717, 1.165) is 12.8 Å². The molecule has 2 fully saturated rings. The van der Waals surface area contributed by atoms with Crippen LogP contribution in [-0.2, 0) is 0 Å². The molecule has 2 aliphatic heterocycles. The van der Waals surface area contributed by atoms with E-state index in [1.54, 1.807) is 26.0 Å². The normalized spacial score (nSPS) is 29.4. The van der Waals surface area contributed by atoms with Crippen LogP contribution in [0.4, 0.5) is 4.39 Å². The smallest absolute Gasteiger partial charge is 0.166 e. The van der Waals surface area contributed by atoms with Gasteiger partial charge in [0.1, 0.15) is 5.82 Å². The van der Waals surface area contributed by atoms with Crippen LogP contribution in [0.15, 0.2) is 12.1 Å². The molecular formula is C18H24FNO. The molecule has 3 rings (SSSR count). The first kappa shape index (κ1) is 14.7. The van der Waals surface area contributed by atoms with Gasteiger partial charge in [0, 0.05) is 23.6 Å². The Morgan fingerprint density at radius 1 is 1.14 bits per heavy atom. The van der Waals surface area contributed by atoms with Gasteiger partial charge in [-0.3, -0.25) is 4.79 Å². The summed E-state index contributed by atoms with van der Waals surface area (Å²) in [7, 11) is 2.20. The molecule has 2 unspecified atom stereocenters. The third-order valence-electron chi connectivity index (χ3n) is 5.43. The van der Waals surface area contributed by atoms with Gasteiger partial charge in [0.25, 0.3) is 0 Å². The SMILES string of the molecule is Cc1cc(C(=O)C2CC3CCCC(C2)N3C)cc(C)c1F. The minimum Gasteiger partial charge on any atom is -0.300 e. The number of piperidine rings is 2. The Morgan fingerprint density at radius 2 is 1.67 bits per heavy atom. The molecule has 2 aliphatic rings. The van der Waals surface area contributed by atoms with Gasteiger partial charge in [0.2, 0.25) is 0 Å². The lowest BCUT2D eigenvalue weighted by Crippen LogP contribution is -2.51. The lowest BCUT2D eigenvalue weighted by molar-refractivity contribution is 0.0338. The maximum absolute atomic E-state index is 13.7. The second kappa shape index (κ2) is 5.53. The highest BCUT2D eigenvalue weighted by molar-refractivity contribution is 5.98. The standard InChI is InChI=1S/C18H24FNO/c1-11-7-13(8-12(2)17(11)19)18(21)14-9-15-5-4-6-16(10-14)20(15)3/h7-8,14-16H,4-6,9-10H2,1-3H3. The van der Waals surface area contributed by atoms with Crippen molar-refractivity contribution in [2.45, 2.75) is 58.0 Å². The average molecular weight is 289 g/mol. The minimum atomic E-state index is -0.188. The van der Waals surface area contributed by atoms with E-state index in [2.05, 4.69) is 11.9 Å². The van der Waals surface area contributed by atoms with Gasteiger partial charge in [-0.25, -0.2) is 4.39 Å². The molecule has 0 radical (unpaired) electrons. The Morgan fingerprint density at radius 3 is 2.19 bits per heavy atom. The van der Waals surface area contributed by atoms with Crippen molar-refractivity contribution in [1.29, 1.82) is 0 Å². The number of carbonyl (C=O) groups is 1. The van der Waals surface area contributed by atoms with Crippen LogP contribution in [0.3, 0.4) is 0 Å². The molecule has 0 amide bonds. The van der Waals surface area contributed by atoms with Crippen LogP contribution in [0.5, 0.6) is 0 Å². The summed E-state index contributed by atoms with van der Waals surface area (Å²) in [4.78, 5) is 15.3. The molecule has 0 spiro atoms. The zero-order valence-electron chi connectivity index (χ0n) is 13.2. The van der Waals surface area contributed by atoms with Gasteiger partial charge in [0.05, 0.1) is 0 Å². The maximum Gasteiger partial charge on any atom is 0.166 e. The van der Waals surface area contributed by atoms with Crippen LogP contribution in [0, 0.1) is 25.6 Å². The topological polar surface area (TPSA) is 20.3 Å². The largest absolute Gasteiger partial charge is 0.300 e. The van der Waals surface area contributed by atoms with Crippen molar-refractivity contribution in [3.8, 4) is 0 Å². The Kier molecular flexibility index (Phi) is 3.87. The first-order chi connectivity index (χ1) is 9.97. The van der Waals surface area contributed by atoms with Gasteiger partial charge < -0.3 is 4.90 Å². The molecule has 2 nitrogen and oxygen atoms in total. The number of Topliss-reactive ketones (excluding diaryl/α,β-unsaturated/α-hetero) is 1. The number of rotatable bonds is 2. The van der Waals surface area contributed by atoms with Crippen LogP contribution in [0.25, 0.3) is 0 Å². The third kappa shape index (κ3) is 2.64. The number of hydrogen-bond donors (Lipinski definition) is 0. The third-order valence-corrected chi connectivity index (χ3v) is 5.43. The molecule has 114 valence electrons. The van der Waals surface area contributed by atoms with E-state index in [1.165, 1.54) is 19.3 Å². The van der Waals surface area contributed by atoms with E-state index in [9.17, 15) is 9.18 Å². The van der Waals surface area contributed by atoms with Crippen LogP contribution in [0.1, 0.15) is 53.6 Å². The Bertz CT molecular complexity index is 531. The monoisotopic (exact) mass is 289 g/mol. The highest BCUT2D eigenvalue weighted by Crippen LogP contribution is 2.37. The summed E-state index contributed by atoms with van der Waals surface area (Å²) in [6, 6.07) is 4.54. The van der Waals surface area contributed by atoms with Gasteiger partial charge in [-0.05, 0) is 69.8 Å². The summed E-state index contributed by atoms with van der Waals surface area (Å²) >= 11 is 0. The van der Waals surface area contributed by atoms with E-state index in [1.807, 2.05) is 0 Å². The van der Waals surface area contributed by atoms with Crippen molar-refractivity contribution in [2.24, 2.45) is 5.92 Å². The van der Waals surface area contributed by atoms with Crippen LogP contribution < -0.4 is 0 Å². The van der Waals surface area contributed by atoms with Gasteiger partial charge in [-0.15, -0.1) is 0 Å². The van der Waals surface area contributed by atoms with E-state index in [0.29, 0.717) is 28.8 Å². The molecule has 0 saturated carbocycles. The van der Waals surface area contributed by atoms with Crippen molar-refractivity contribution in [3.63, 3.8) is 0 Å². The fourth-order valence-electron chi connectivity index (χ4n) is 4.15. The van der Waals surface area contributed by atoms with E-state index >= 15 is 0 Å². The molecule has 1 aromatic rings. The van der Waals surface area contributed by atoms with Crippen LogP contribution in [0.2, 0.25) is 0 Å². The van der Waals surface area contributed by atoms with Crippen LogP contribution in [-0.4, -0.2) is 29.8 Å².